The number of nitrogens with two attached hydrogens (primary N) is 1. The lowest BCUT2D eigenvalue weighted by Crippen LogP contribution is -2.33. The van der Waals surface area contributed by atoms with Gasteiger partial charge >= 0.3 is 5.97 Å². The van der Waals surface area contributed by atoms with Crippen LogP contribution in [0.1, 0.15) is 5.56 Å². The maximum atomic E-state index is 11.0. The average molecular weight is 254 g/mol. The minimum atomic E-state index is -0.692. The van der Waals surface area contributed by atoms with Crippen LogP contribution in [0.4, 0.5) is 0 Å². The predicted molar refractivity (Wildman–Crippen MR) is 58.0 cm³/mol. The second kappa shape index (κ2) is 4.98. The molecule has 1 rings (SSSR count). The summed E-state index contributed by atoms with van der Waals surface area (Å²) in [4.78, 5) is 11.0. The van der Waals surface area contributed by atoms with Gasteiger partial charge in [-0.1, -0.05) is 23.2 Å². The van der Waals surface area contributed by atoms with Crippen molar-refractivity contribution in [2.45, 2.75) is 12.5 Å². The summed E-state index contributed by atoms with van der Waals surface area (Å²) in [7, 11) is 1.30. The number of carbonyl (C=O) groups excluding carboxylic acids is 1. The highest BCUT2D eigenvalue weighted by atomic mass is 35.5. The molecule has 0 spiro atoms. The molecule has 0 radical (unpaired) electrons. The molecular formula is C8H9Cl2NO2S. The molecule has 0 aliphatic carbocycles. The van der Waals surface area contributed by atoms with Gasteiger partial charge in [-0.05, 0) is 11.6 Å². The molecule has 1 aromatic rings. The van der Waals surface area contributed by atoms with Crippen LogP contribution in [0, 0.1) is 0 Å². The number of halogens is 2. The van der Waals surface area contributed by atoms with E-state index in [2.05, 4.69) is 4.74 Å². The fourth-order valence-electron chi connectivity index (χ4n) is 0.985. The van der Waals surface area contributed by atoms with Gasteiger partial charge in [0.2, 0.25) is 0 Å². The smallest absolute Gasteiger partial charge is 0.322 e. The molecule has 1 heterocycles. The molecule has 1 aromatic heterocycles. The highest BCUT2D eigenvalue weighted by Gasteiger charge is 2.17. The molecule has 0 saturated carbocycles. The molecule has 0 bridgehead atoms. The van der Waals surface area contributed by atoms with Crippen LogP contribution in [0.25, 0.3) is 0 Å². The summed E-state index contributed by atoms with van der Waals surface area (Å²) in [6, 6.07) is 1.01. The summed E-state index contributed by atoms with van der Waals surface area (Å²) in [5.41, 5.74) is 6.34. The van der Waals surface area contributed by atoms with Crippen LogP contribution in [0.15, 0.2) is 6.07 Å². The standard InChI is InChI=1S/C8H9Cl2NO2S/c1-13-8(12)5(11)2-4-3-6(9)14-7(4)10/h3,5H,2,11H2,1H3/t5-/m1/s1. The molecule has 6 heteroatoms. The number of rotatable bonds is 3. The fourth-order valence-corrected chi connectivity index (χ4v) is 2.49. The highest BCUT2D eigenvalue weighted by molar-refractivity contribution is 7.20. The Bertz CT molecular complexity index is 340. The molecule has 0 aromatic carbocycles. The monoisotopic (exact) mass is 253 g/mol. The molecule has 0 fully saturated rings. The van der Waals surface area contributed by atoms with E-state index in [0.717, 1.165) is 5.56 Å². The number of methoxy groups -OCH3 is 1. The van der Waals surface area contributed by atoms with E-state index in [4.69, 9.17) is 28.9 Å². The molecule has 78 valence electrons. The zero-order valence-electron chi connectivity index (χ0n) is 7.42. The largest absolute Gasteiger partial charge is 0.468 e. The van der Waals surface area contributed by atoms with Gasteiger partial charge in [0, 0.05) is 6.42 Å². The van der Waals surface area contributed by atoms with Gasteiger partial charge in [-0.25, -0.2) is 0 Å². The Balaban J connectivity index is 2.69. The Morgan fingerprint density at radius 2 is 2.36 bits per heavy atom. The van der Waals surface area contributed by atoms with Gasteiger partial charge in [0.05, 0.1) is 15.8 Å². The van der Waals surface area contributed by atoms with Crippen molar-refractivity contribution in [3.8, 4) is 0 Å². The quantitative estimate of drug-likeness (QED) is 0.840. The maximum Gasteiger partial charge on any atom is 0.322 e. The number of ether oxygens (including phenoxy) is 1. The Kier molecular flexibility index (Phi) is 4.19. The van der Waals surface area contributed by atoms with Gasteiger partial charge in [-0.15, -0.1) is 11.3 Å². The summed E-state index contributed by atoms with van der Waals surface area (Å²) in [5, 5.41) is 0. The zero-order valence-corrected chi connectivity index (χ0v) is 9.75. The molecular weight excluding hydrogens is 245 g/mol. The molecule has 0 amide bonds. The first-order valence-corrected chi connectivity index (χ1v) is 5.39. The minimum absolute atomic E-state index is 0.342. The Hall–Kier alpha value is -0.290. The van der Waals surface area contributed by atoms with Crippen LogP contribution >= 0.6 is 34.5 Å². The molecule has 3 nitrogen and oxygen atoms in total. The third kappa shape index (κ3) is 2.85. The lowest BCUT2D eigenvalue weighted by molar-refractivity contribution is -0.142. The van der Waals surface area contributed by atoms with Crippen molar-refractivity contribution < 1.29 is 9.53 Å². The minimum Gasteiger partial charge on any atom is -0.468 e. The molecule has 2 N–H and O–H groups in total. The number of esters is 1. The molecule has 0 aliphatic heterocycles. The summed E-state index contributed by atoms with van der Waals surface area (Å²) < 4.78 is 5.64. The van der Waals surface area contributed by atoms with Crippen molar-refractivity contribution in [3.63, 3.8) is 0 Å². The van der Waals surface area contributed by atoms with Crippen molar-refractivity contribution in [1.29, 1.82) is 0 Å². The van der Waals surface area contributed by atoms with Gasteiger partial charge in [0.15, 0.2) is 0 Å². The maximum absolute atomic E-state index is 11.0. The Labute approximate surface area is 95.8 Å². The van der Waals surface area contributed by atoms with E-state index in [0.29, 0.717) is 15.1 Å². The third-order valence-electron chi connectivity index (χ3n) is 1.67. The van der Waals surface area contributed by atoms with Crippen molar-refractivity contribution in [3.05, 3.63) is 20.3 Å². The average Bonchev–Trinajstić information content (AvgIpc) is 2.44. The van der Waals surface area contributed by atoms with Crippen LogP contribution < -0.4 is 5.73 Å². The van der Waals surface area contributed by atoms with Gasteiger partial charge in [-0.3, -0.25) is 4.79 Å². The lowest BCUT2D eigenvalue weighted by Gasteiger charge is -2.07. The second-order valence-corrected chi connectivity index (χ2v) is 4.97. The Morgan fingerprint density at radius 3 is 2.79 bits per heavy atom. The van der Waals surface area contributed by atoms with Crippen LogP contribution in [0.3, 0.4) is 0 Å². The van der Waals surface area contributed by atoms with Gasteiger partial charge < -0.3 is 10.5 Å². The Morgan fingerprint density at radius 1 is 1.71 bits per heavy atom. The summed E-state index contributed by atoms with van der Waals surface area (Å²) in [5.74, 6) is -0.455. The van der Waals surface area contributed by atoms with E-state index in [1.807, 2.05) is 0 Å². The van der Waals surface area contributed by atoms with E-state index in [9.17, 15) is 4.79 Å². The van der Waals surface area contributed by atoms with Crippen LogP contribution in [0.5, 0.6) is 0 Å². The van der Waals surface area contributed by atoms with Crippen molar-refractivity contribution in [1.82, 2.24) is 0 Å². The van der Waals surface area contributed by atoms with E-state index < -0.39 is 12.0 Å². The first-order chi connectivity index (χ1) is 6.54. The summed E-state index contributed by atoms with van der Waals surface area (Å²) in [6.07, 6.45) is 0.342. The van der Waals surface area contributed by atoms with E-state index >= 15 is 0 Å². The van der Waals surface area contributed by atoms with Gasteiger partial charge in [-0.2, -0.15) is 0 Å². The van der Waals surface area contributed by atoms with Crippen LogP contribution in [-0.2, 0) is 16.0 Å². The number of hydrogen-bond donors (Lipinski definition) is 1. The normalized spacial score (nSPS) is 12.6. The molecule has 0 aliphatic rings. The molecule has 0 unspecified atom stereocenters. The zero-order chi connectivity index (χ0) is 10.7. The highest BCUT2D eigenvalue weighted by Crippen LogP contribution is 2.31. The fraction of sp³-hybridized carbons (Fsp3) is 0.375. The SMILES string of the molecule is COC(=O)[C@H](N)Cc1cc(Cl)sc1Cl. The number of thiophene rings is 1. The van der Waals surface area contributed by atoms with E-state index in [-0.39, 0.29) is 0 Å². The topological polar surface area (TPSA) is 52.3 Å². The lowest BCUT2D eigenvalue weighted by atomic mass is 10.1. The first-order valence-electron chi connectivity index (χ1n) is 3.81. The van der Waals surface area contributed by atoms with Crippen molar-refractivity contribution >= 4 is 40.5 Å². The van der Waals surface area contributed by atoms with Gasteiger partial charge in [0.1, 0.15) is 6.04 Å². The number of hydrogen-bond acceptors (Lipinski definition) is 4. The van der Waals surface area contributed by atoms with Crippen molar-refractivity contribution in [2.75, 3.05) is 7.11 Å². The first kappa shape index (κ1) is 11.8. The van der Waals surface area contributed by atoms with Crippen molar-refractivity contribution in [2.24, 2.45) is 5.73 Å². The molecule has 1 atom stereocenters. The molecule has 14 heavy (non-hydrogen) atoms. The predicted octanol–water partition coefficient (Wildman–Crippen LogP) is 2.10. The third-order valence-corrected chi connectivity index (χ3v) is 3.24. The second-order valence-electron chi connectivity index (χ2n) is 2.68. The molecule has 0 saturated heterocycles. The number of carbonyl (C=O) groups is 1. The van der Waals surface area contributed by atoms with E-state index in [1.165, 1.54) is 18.4 Å². The van der Waals surface area contributed by atoms with Gasteiger partial charge in [0.25, 0.3) is 0 Å². The van der Waals surface area contributed by atoms with E-state index in [1.54, 1.807) is 6.07 Å². The summed E-state index contributed by atoms with van der Waals surface area (Å²) in [6.45, 7) is 0. The van der Waals surface area contributed by atoms with Crippen LogP contribution in [-0.4, -0.2) is 19.1 Å². The summed E-state index contributed by atoms with van der Waals surface area (Å²) >= 11 is 12.9. The van der Waals surface area contributed by atoms with Crippen LogP contribution in [0.2, 0.25) is 8.67 Å².